The van der Waals surface area contributed by atoms with Crippen LogP contribution in [-0.4, -0.2) is 18.8 Å². The van der Waals surface area contributed by atoms with Gasteiger partial charge in [-0.05, 0) is 26.2 Å². The third-order valence-electron chi connectivity index (χ3n) is 2.13. The first-order valence-corrected chi connectivity index (χ1v) is 5.43. The van der Waals surface area contributed by atoms with Crippen molar-refractivity contribution >= 4 is 0 Å². The molecule has 0 aliphatic heterocycles. The summed E-state index contributed by atoms with van der Waals surface area (Å²) in [5, 5.41) is 0. The van der Waals surface area contributed by atoms with Crippen LogP contribution in [0.5, 0.6) is 0 Å². The minimum Gasteiger partial charge on any atom is -0.377 e. The van der Waals surface area contributed by atoms with Gasteiger partial charge in [0.25, 0.3) is 0 Å². The highest BCUT2D eigenvalue weighted by Crippen LogP contribution is 2.11. The van der Waals surface area contributed by atoms with Crippen LogP contribution in [0.25, 0.3) is 0 Å². The highest BCUT2D eigenvalue weighted by Gasteiger charge is 2.09. The van der Waals surface area contributed by atoms with E-state index in [-0.39, 0.29) is 6.04 Å². The molecule has 0 aliphatic rings. The van der Waals surface area contributed by atoms with E-state index < -0.39 is 0 Å². The van der Waals surface area contributed by atoms with Crippen LogP contribution < -0.4 is 5.73 Å². The lowest BCUT2D eigenvalue weighted by molar-refractivity contribution is 0.0640. The Morgan fingerprint density at radius 2 is 1.85 bits per heavy atom. The zero-order chi connectivity index (χ0) is 10.3. The maximum absolute atomic E-state index is 5.93. The summed E-state index contributed by atoms with van der Waals surface area (Å²) in [6.45, 7) is 9.27. The van der Waals surface area contributed by atoms with Crippen molar-refractivity contribution in [3.63, 3.8) is 0 Å². The molecule has 0 amide bonds. The first-order chi connectivity index (χ1) is 6.06. The van der Waals surface area contributed by atoms with Crippen LogP contribution >= 0.6 is 0 Å². The van der Waals surface area contributed by atoms with Crippen molar-refractivity contribution in [1.82, 2.24) is 0 Å². The Bertz CT molecular complexity index is 115. The van der Waals surface area contributed by atoms with Crippen molar-refractivity contribution in [2.24, 2.45) is 11.7 Å². The van der Waals surface area contributed by atoms with Crippen molar-refractivity contribution in [2.75, 3.05) is 6.61 Å². The second kappa shape index (κ2) is 7.34. The first kappa shape index (κ1) is 12.9. The Morgan fingerprint density at radius 3 is 2.31 bits per heavy atom. The van der Waals surface area contributed by atoms with E-state index in [0.29, 0.717) is 12.7 Å². The molecular formula is C11H25NO. The van der Waals surface area contributed by atoms with Crippen LogP contribution in [0.1, 0.15) is 47.0 Å². The molecular weight excluding hydrogens is 162 g/mol. The minimum atomic E-state index is 0.212. The summed E-state index contributed by atoms with van der Waals surface area (Å²) in [4.78, 5) is 0. The molecule has 80 valence electrons. The fourth-order valence-electron chi connectivity index (χ4n) is 1.51. The van der Waals surface area contributed by atoms with Gasteiger partial charge in [0.2, 0.25) is 0 Å². The SMILES string of the molecule is CCCC(C)CC(N)COC(C)C. The van der Waals surface area contributed by atoms with E-state index in [0.717, 1.165) is 12.3 Å². The number of hydrogen-bond acceptors (Lipinski definition) is 2. The molecule has 0 saturated heterocycles. The van der Waals surface area contributed by atoms with Gasteiger partial charge in [-0.15, -0.1) is 0 Å². The van der Waals surface area contributed by atoms with Crippen LogP contribution in [0, 0.1) is 5.92 Å². The largest absolute Gasteiger partial charge is 0.377 e. The third-order valence-corrected chi connectivity index (χ3v) is 2.13. The van der Waals surface area contributed by atoms with E-state index in [1.54, 1.807) is 0 Å². The van der Waals surface area contributed by atoms with Gasteiger partial charge in [0.15, 0.2) is 0 Å². The predicted molar refractivity (Wildman–Crippen MR) is 57.8 cm³/mol. The fraction of sp³-hybridized carbons (Fsp3) is 1.00. The molecule has 2 nitrogen and oxygen atoms in total. The van der Waals surface area contributed by atoms with Gasteiger partial charge >= 0.3 is 0 Å². The lowest BCUT2D eigenvalue weighted by atomic mass is 9.98. The zero-order valence-corrected chi connectivity index (χ0v) is 9.55. The highest BCUT2D eigenvalue weighted by atomic mass is 16.5. The maximum atomic E-state index is 5.93. The Kier molecular flexibility index (Phi) is 7.29. The van der Waals surface area contributed by atoms with E-state index in [2.05, 4.69) is 13.8 Å². The quantitative estimate of drug-likeness (QED) is 0.665. The van der Waals surface area contributed by atoms with Crippen LogP contribution in [-0.2, 0) is 4.74 Å². The number of hydrogen-bond donors (Lipinski definition) is 1. The first-order valence-electron chi connectivity index (χ1n) is 5.43. The van der Waals surface area contributed by atoms with Gasteiger partial charge in [-0.25, -0.2) is 0 Å². The lowest BCUT2D eigenvalue weighted by Crippen LogP contribution is -2.29. The standard InChI is InChI=1S/C11H25NO/c1-5-6-10(4)7-11(12)8-13-9(2)3/h9-11H,5-8,12H2,1-4H3. The van der Waals surface area contributed by atoms with E-state index in [1.165, 1.54) is 12.8 Å². The molecule has 0 rings (SSSR count). The van der Waals surface area contributed by atoms with Gasteiger partial charge in [-0.1, -0.05) is 26.7 Å². The molecule has 2 N–H and O–H groups in total. The van der Waals surface area contributed by atoms with Gasteiger partial charge in [0, 0.05) is 6.04 Å². The van der Waals surface area contributed by atoms with E-state index in [1.807, 2.05) is 13.8 Å². The fourth-order valence-corrected chi connectivity index (χ4v) is 1.51. The van der Waals surface area contributed by atoms with Crippen molar-refractivity contribution in [3.8, 4) is 0 Å². The normalized spacial score (nSPS) is 16.2. The summed E-state index contributed by atoms with van der Waals surface area (Å²) >= 11 is 0. The molecule has 0 saturated carbocycles. The van der Waals surface area contributed by atoms with Crippen molar-refractivity contribution < 1.29 is 4.74 Å². The third kappa shape index (κ3) is 8.26. The molecule has 13 heavy (non-hydrogen) atoms. The molecule has 0 spiro atoms. The second-order valence-electron chi connectivity index (χ2n) is 4.27. The molecule has 0 radical (unpaired) electrons. The van der Waals surface area contributed by atoms with Gasteiger partial charge in [-0.3, -0.25) is 0 Å². The van der Waals surface area contributed by atoms with Crippen LogP contribution in [0.2, 0.25) is 0 Å². The molecule has 0 aromatic carbocycles. The van der Waals surface area contributed by atoms with Crippen molar-refractivity contribution in [2.45, 2.75) is 59.1 Å². The number of nitrogens with two attached hydrogens (primary N) is 1. The van der Waals surface area contributed by atoms with Gasteiger partial charge in [-0.2, -0.15) is 0 Å². The van der Waals surface area contributed by atoms with Crippen molar-refractivity contribution in [1.29, 1.82) is 0 Å². The minimum absolute atomic E-state index is 0.212. The molecule has 2 heteroatoms. The van der Waals surface area contributed by atoms with E-state index >= 15 is 0 Å². The molecule has 2 unspecified atom stereocenters. The van der Waals surface area contributed by atoms with Gasteiger partial charge < -0.3 is 10.5 Å². The zero-order valence-electron chi connectivity index (χ0n) is 9.55. The van der Waals surface area contributed by atoms with E-state index in [4.69, 9.17) is 10.5 Å². The van der Waals surface area contributed by atoms with Crippen LogP contribution in [0.3, 0.4) is 0 Å². The Hall–Kier alpha value is -0.0800. The van der Waals surface area contributed by atoms with Gasteiger partial charge in [0.05, 0.1) is 12.7 Å². The average molecular weight is 187 g/mol. The Balaban J connectivity index is 3.43. The van der Waals surface area contributed by atoms with Gasteiger partial charge in [0.1, 0.15) is 0 Å². The predicted octanol–water partition coefficient (Wildman–Crippen LogP) is 2.57. The Labute approximate surface area is 82.8 Å². The van der Waals surface area contributed by atoms with Crippen LogP contribution in [0.4, 0.5) is 0 Å². The monoisotopic (exact) mass is 187 g/mol. The molecule has 0 aromatic heterocycles. The summed E-state index contributed by atoms with van der Waals surface area (Å²) in [5.74, 6) is 0.732. The maximum Gasteiger partial charge on any atom is 0.0621 e. The second-order valence-corrected chi connectivity index (χ2v) is 4.27. The smallest absolute Gasteiger partial charge is 0.0621 e. The topological polar surface area (TPSA) is 35.2 Å². The number of rotatable bonds is 7. The van der Waals surface area contributed by atoms with Crippen LogP contribution in [0.15, 0.2) is 0 Å². The lowest BCUT2D eigenvalue weighted by Gasteiger charge is -2.18. The summed E-state index contributed by atoms with van der Waals surface area (Å²) < 4.78 is 5.46. The molecule has 2 atom stereocenters. The highest BCUT2D eigenvalue weighted by molar-refractivity contribution is 4.65. The average Bonchev–Trinajstić information content (AvgIpc) is 2.01. The van der Waals surface area contributed by atoms with Crippen molar-refractivity contribution in [3.05, 3.63) is 0 Å². The molecule has 0 fully saturated rings. The summed E-state index contributed by atoms with van der Waals surface area (Å²) in [5.41, 5.74) is 5.93. The molecule has 0 heterocycles. The summed E-state index contributed by atoms with van der Waals surface area (Å²) in [6, 6.07) is 0.212. The summed E-state index contributed by atoms with van der Waals surface area (Å²) in [7, 11) is 0. The Morgan fingerprint density at radius 1 is 1.23 bits per heavy atom. The molecule has 0 aromatic rings. The molecule has 0 bridgehead atoms. The molecule has 0 aliphatic carbocycles. The summed E-state index contributed by atoms with van der Waals surface area (Å²) in [6.07, 6.45) is 3.90. The van der Waals surface area contributed by atoms with E-state index in [9.17, 15) is 0 Å². The number of ether oxygens (including phenoxy) is 1.